The molecular formula is C34H41ClN6O4. The van der Waals surface area contributed by atoms with E-state index in [4.69, 9.17) is 42.4 Å². The molecule has 2 saturated heterocycles. The number of carbonyl (C=O) groups excluding carboxylic acids is 1. The first-order valence-corrected chi connectivity index (χ1v) is 16.1. The quantitative estimate of drug-likeness (QED) is 0.310. The van der Waals surface area contributed by atoms with Crippen molar-refractivity contribution in [3.8, 4) is 6.01 Å². The molecular weight excluding hydrogens is 592 g/mol. The van der Waals surface area contributed by atoms with E-state index >= 15 is 0 Å². The second kappa shape index (κ2) is 13.0. The third-order valence-electron chi connectivity index (χ3n) is 8.88. The van der Waals surface area contributed by atoms with Gasteiger partial charge in [-0.1, -0.05) is 41.9 Å². The van der Waals surface area contributed by atoms with Gasteiger partial charge < -0.3 is 28.9 Å². The number of likely N-dealkylation sites (N-methyl/N-ethyl adjacent to an activating group) is 1. The zero-order valence-corrected chi connectivity index (χ0v) is 27.2. The lowest BCUT2D eigenvalue weighted by atomic mass is 9.94. The van der Waals surface area contributed by atoms with Crippen LogP contribution in [0.15, 0.2) is 36.4 Å². The van der Waals surface area contributed by atoms with Gasteiger partial charge in [-0.25, -0.2) is 11.4 Å². The molecule has 3 aliphatic rings. The zero-order valence-electron chi connectivity index (χ0n) is 26.5. The van der Waals surface area contributed by atoms with Gasteiger partial charge in [0.05, 0.1) is 18.4 Å². The summed E-state index contributed by atoms with van der Waals surface area (Å²) >= 11 is 6.69. The van der Waals surface area contributed by atoms with Crippen molar-refractivity contribution in [3.05, 3.63) is 69.7 Å². The second-order valence-electron chi connectivity index (χ2n) is 13.1. The predicted octanol–water partition coefficient (Wildman–Crippen LogP) is 5.92. The lowest BCUT2D eigenvalue weighted by Crippen LogP contribution is -2.57. The number of fused-ring (bicyclic) bond motifs is 2. The molecule has 11 heteroatoms. The number of anilines is 1. The number of carbonyl (C=O) groups is 1. The molecule has 45 heavy (non-hydrogen) atoms. The van der Waals surface area contributed by atoms with Crippen LogP contribution in [0.3, 0.4) is 0 Å². The third-order valence-corrected chi connectivity index (χ3v) is 9.19. The first kappa shape index (κ1) is 31.3. The third kappa shape index (κ3) is 6.81. The Kier molecular flexibility index (Phi) is 9.05. The van der Waals surface area contributed by atoms with E-state index in [1.165, 1.54) is 0 Å². The minimum Gasteiger partial charge on any atom is -0.462 e. The Labute approximate surface area is 270 Å². The van der Waals surface area contributed by atoms with Crippen LogP contribution < -0.4 is 9.64 Å². The van der Waals surface area contributed by atoms with Crippen molar-refractivity contribution in [3.63, 3.8) is 0 Å². The van der Waals surface area contributed by atoms with Crippen LogP contribution in [0.4, 0.5) is 10.6 Å². The van der Waals surface area contributed by atoms with E-state index in [1.807, 2.05) is 39.0 Å². The first-order chi connectivity index (χ1) is 21.6. The van der Waals surface area contributed by atoms with Crippen LogP contribution in [-0.2, 0) is 22.5 Å². The van der Waals surface area contributed by atoms with Crippen LogP contribution in [0, 0.1) is 6.57 Å². The molecule has 0 aliphatic carbocycles. The molecule has 2 aromatic carbocycles. The van der Waals surface area contributed by atoms with Gasteiger partial charge in [-0.15, -0.1) is 0 Å². The number of likely N-dealkylation sites (tertiary alicyclic amines) is 1. The van der Waals surface area contributed by atoms with Gasteiger partial charge in [-0.05, 0) is 64.2 Å². The molecule has 1 amide bonds. The van der Waals surface area contributed by atoms with E-state index in [1.54, 1.807) is 4.90 Å². The highest BCUT2D eigenvalue weighted by Crippen LogP contribution is 2.39. The van der Waals surface area contributed by atoms with Crippen LogP contribution >= 0.6 is 11.6 Å². The fourth-order valence-electron chi connectivity index (χ4n) is 6.58. The van der Waals surface area contributed by atoms with Crippen molar-refractivity contribution in [2.24, 2.45) is 0 Å². The van der Waals surface area contributed by atoms with Crippen LogP contribution in [0.2, 0.25) is 5.02 Å². The zero-order chi connectivity index (χ0) is 31.7. The van der Waals surface area contributed by atoms with E-state index in [0.29, 0.717) is 56.3 Å². The standard InChI is InChI=1S/C34H41ClN6O4/c1-34(2,3)45-33(42)41-16-15-40(19-24(41)18-36-4)31-26-21-43-29(25-12-6-9-22-10-7-13-27(35)30(22)25)17-28(26)37-32(38-31)44-20-23-11-8-14-39(23)5/h6-7,9-10,12-13,23-24,29H,8,11,14-21H2,1-3,5H3/t23-,24-,29?/m0/s1. The number of halogens is 1. The summed E-state index contributed by atoms with van der Waals surface area (Å²) in [5, 5.41) is 2.75. The number of hydrogen-bond acceptors (Lipinski definition) is 8. The number of hydrogen-bond donors (Lipinski definition) is 0. The predicted molar refractivity (Wildman–Crippen MR) is 174 cm³/mol. The summed E-state index contributed by atoms with van der Waals surface area (Å²) in [6, 6.07) is 12.4. The van der Waals surface area contributed by atoms with Crippen molar-refractivity contribution < 1.29 is 19.0 Å². The van der Waals surface area contributed by atoms with E-state index in [0.717, 1.165) is 52.8 Å². The fourth-order valence-corrected chi connectivity index (χ4v) is 6.87. The smallest absolute Gasteiger partial charge is 0.410 e. The normalized spacial score (nSPS) is 22.3. The lowest BCUT2D eigenvalue weighted by molar-refractivity contribution is 0.0151. The van der Waals surface area contributed by atoms with Crippen LogP contribution in [-0.4, -0.2) is 89.9 Å². The molecule has 3 aromatic rings. The number of amides is 1. The highest BCUT2D eigenvalue weighted by molar-refractivity contribution is 6.35. The van der Waals surface area contributed by atoms with E-state index in [-0.39, 0.29) is 18.7 Å². The van der Waals surface area contributed by atoms with Gasteiger partial charge in [0.15, 0.2) is 0 Å². The van der Waals surface area contributed by atoms with Crippen molar-refractivity contribution in [1.29, 1.82) is 0 Å². The summed E-state index contributed by atoms with van der Waals surface area (Å²) in [5.74, 6) is 0.739. The number of benzene rings is 2. The summed E-state index contributed by atoms with van der Waals surface area (Å²) in [6.45, 7) is 16.6. The first-order valence-electron chi connectivity index (χ1n) is 15.7. The molecule has 0 bridgehead atoms. The summed E-state index contributed by atoms with van der Waals surface area (Å²) in [4.78, 5) is 32.7. The maximum Gasteiger partial charge on any atom is 0.410 e. The Hall–Kier alpha value is -3.65. The maximum atomic E-state index is 13.1. The summed E-state index contributed by atoms with van der Waals surface area (Å²) < 4.78 is 18.5. The van der Waals surface area contributed by atoms with Gasteiger partial charge in [-0.2, -0.15) is 9.97 Å². The number of aromatic nitrogens is 2. The molecule has 238 valence electrons. The Bertz CT molecular complexity index is 1600. The number of piperazine rings is 1. The number of nitrogens with zero attached hydrogens (tertiary/aromatic N) is 6. The Morgan fingerprint density at radius 1 is 1.13 bits per heavy atom. The molecule has 2 fully saturated rings. The molecule has 3 atom stereocenters. The number of rotatable bonds is 6. The monoisotopic (exact) mass is 632 g/mol. The Morgan fingerprint density at radius 2 is 1.93 bits per heavy atom. The van der Waals surface area contributed by atoms with Crippen LogP contribution in [0.25, 0.3) is 15.6 Å². The van der Waals surface area contributed by atoms with E-state index < -0.39 is 11.7 Å². The molecule has 4 heterocycles. The van der Waals surface area contributed by atoms with Crippen molar-refractivity contribution >= 4 is 34.3 Å². The van der Waals surface area contributed by atoms with Crippen LogP contribution in [0.1, 0.15) is 56.5 Å². The molecule has 1 aromatic heterocycles. The minimum atomic E-state index is -0.621. The molecule has 6 rings (SSSR count). The summed E-state index contributed by atoms with van der Waals surface area (Å²) in [7, 11) is 2.12. The summed E-state index contributed by atoms with van der Waals surface area (Å²) in [6.07, 6.45) is 2.13. The molecule has 0 radical (unpaired) electrons. The van der Waals surface area contributed by atoms with Gasteiger partial charge >= 0.3 is 12.1 Å². The van der Waals surface area contributed by atoms with Gasteiger partial charge in [-0.3, -0.25) is 4.90 Å². The lowest BCUT2D eigenvalue weighted by Gasteiger charge is -2.41. The molecule has 0 saturated carbocycles. The van der Waals surface area contributed by atoms with Crippen LogP contribution in [0.5, 0.6) is 6.01 Å². The maximum absolute atomic E-state index is 13.1. The van der Waals surface area contributed by atoms with Crippen molar-refractivity contribution in [2.75, 3.05) is 51.3 Å². The van der Waals surface area contributed by atoms with Crippen molar-refractivity contribution in [2.45, 2.75) is 70.4 Å². The average molecular weight is 633 g/mol. The Morgan fingerprint density at radius 3 is 2.67 bits per heavy atom. The second-order valence-corrected chi connectivity index (χ2v) is 13.6. The molecule has 0 spiro atoms. The molecule has 0 N–H and O–H groups in total. The van der Waals surface area contributed by atoms with Gasteiger partial charge in [0.1, 0.15) is 24.1 Å². The Balaban J connectivity index is 1.32. The summed E-state index contributed by atoms with van der Waals surface area (Å²) in [5.41, 5.74) is 2.20. The molecule has 10 nitrogen and oxygen atoms in total. The SMILES string of the molecule is [C-]#[N+]C[C@H]1CN(c2nc(OC[C@@H]3CCCN3C)nc3c2COC(c2cccc4cccc(Cl)c24)C3)CCN1C(=O)OC(C)(C)C. The largest absolute Gasteiger partial charge is 0.462 e. The van der Waals surface area contributed by atoms with Gasteiger partial charge in [0, 0.05) is 48.1 Å². The minimum absolute atomic E-state index is 0.167. The van der Waals surface area contributed by atoms with E-state index in [2.05, 4.69) is 39.9 Å². The molecule has 3 aliphatic heterocycles. The van der Waals surface area contributed by atoms with Gasteiger partial charge in [0.25, 0.3) is 0 Å². The van der Waals surface area contributed by atoms with Gasteiger partial charge in [0.2, 0.25) is 6.54 Å². The fraction of sp³-hybridized carbons (Fsp3) is 0.529. The molecule has 1 unspecified atom stereocenters. The highest BCUT2D eigenvalue weighted by Gasteiger charge is 2.38. The highest BCUT2D eigenvalue weighted by atomic mass is 35.5. The average Bonchev–Trinajstić information content (AvgIpc) is 3.42. The van der Waals surface area contributed by atoms with Crippen molar-refractivity contribution in [1.82, 2.24) is 19.8 Å². The number of ether oxygens (including phenoxy) is 3. The van der Waals surface area contributed by atoms with E-state index in [9.17, 15) is 4.79 Å². The topological polar surface area (TPSA) is 84.6 Å².